The van der Waals surface area contributed by atoms with Gasteiger partial charge >= 0.3 is 0 Å². The number of nitrogens with one attached hydrogen (secondary N) is 1. The molecule has 2 N–H and O–H groups in total. The Hall–Kier alpha value is -2.38. The molecular formula is C18H19N5OS. The van der Waals surface area contributed by atoms with E-state index in [1.807, 2.05) is 6.92 Å². The number of anilines is 2. The van der Waals surface area contributed by atoms with Crippen LogP contribution in [0.15, 0.2) is 46.8 Å². The van der Waals surface area contributed by atoms with Crippen LogP contribution in [0.25, 0.3) is 0 Å². The molecule has 0 bridgehead atoms. The number of nitrogens with zero attached hydrogens (tertiary/aromatic N) is 4. The molecule has 4 rings (SSSR count). The van der Waals surface area contributed by atoms with Crippen LogP contribution in [0.4, 0.5) is 11.5 Å². The third kappa shape index (κ3) is 3.01. The first-order valence-electron chi connectivity index (χ1n) is 8.05. The lowest BCUT2D eigenvalue weighted by Gasteiger charge is -2.20. The molecule has 1 aliphatic rings. The van der Waals surface area contributed by atoms with Crippen LogP contribution in [0.3, 0.4) is 0 Å². The van der Waals surface area contributed by atoms with E-state index in [1.165, 1.54) is 0 Å². The highest BCUT2D eigenvalue weighted by atomic mass is 32.2. The molecular weight excluding hydrogens is 334 g/mol. The maximum atomic E-state index is 10.2. The van der Waals surface area contributed by atoms with Crippen LogP contribution in [-0.2, 0) is 12.1 Å². The highest BCUT2D eigenvalue weighted by Crippen LogP contribution is 2.42. The van der Waals surface area contributed by atoms with Gasteiger partial charge in [0, 0.05) is 29.5 Å². The van der Waals surface area contributed by atoms with Crippen molar-refractivity contribution in [3.8, 4) is 0 Å². The second kappa shape index (κ2) is 5.86. The van der Waals surface area contributed by atoms with Gasteiger partial charge < -0.3 is 15.0 Å². The van der Waals surface area contributed by atoms with Gasteiger partial charge in [-0.05, 0) is 38.5 Å². The molecule has 0 amide bonds. The lowest BCUT2D eigenvalue weighted by Crippen LogP contribution is -2.18. The average Bonchev–Trinajstić information content (AvgIpc) is 2.94. The largest absolute Gasteiger partial charge is 0.384 e. The first-order valence-corrected chi connectivity index (χ1v) is 8.87. The SMILES string of the molecule is Cc1c(C(C)(C)O)ncn1Cc1ccc2c(c1)Nc1nccnc1S2. The van der Waals surface area contributed by atoms with Crippen LogP contribution >= 0.6 is 11.8 Å². The highest BCUT2D eigenvalue weighted by molar-refractivity contribution is 7.99. The molecule has 6 nitrogen and oxygen atoms in total. The molecule has 0 aliphatic carbocycles. The Labute approximate surface area is 150 Å². The number of hydrogen-bond donors (Lipinski definition) is 2. The predicted molar refractivity (Wildman–Crippen MR) is 97.2 cm³/mol. The molecule has 0 radical (unpaired) electrons. The van der Waals surface area contributed by atoms with Crippen molar-refractivity contribution in [2.45, 2.75) is 42.8 Å². The van der Waals surface area contributed by atoms with Crippen molar-refractivity contribution in [1.29, 1.82) is 0 Å². The number of aliphatic hydroxyl groups is 1. The third-order valence-electron chi connectivity index (χ3n) is 4.20. The van der Waals surface area contributed by atoms with Gasteiger partial charge in [-0.3, -0.25) is 0 Å². The Bertz CT molecular complexity index is 945. The minimum atomic E-state index is -0.939. The number of rotatable bonds is 3. The number of fused-ring (bicyclic) bond motifs is 2. The third-order valence-corrected chi connectivity index (χ3v) is 5.27. The van der Waals surface area contributed by atoms with E-state index in [1.54, 1.807) is 44.3 Å². The Morgan fingerprint density at radius 1 is 1.20 bits per heavy atom. The Kier molecular flexibility index (Phi) is 3.77. The normalized spacial score (nSPS) is 13.1. The van der Waals surface area contributed by atoms with E-state index in [-0.39, 0.29) is 0 Å². The van der Waals surface area contributed by atoms with Gasteiger partial charge in [0.05, 0.1) is 17.7 Å². The minimum absolute atomic E-state index is 0.696. The van der Waals surface area contributed by atoms with Crippen LogP contribution in [-0.4, -0.2) is 24.6 Å². The zero-order valence-corrected chi connectivity index (χ0v) is 15.1. The van der Waals surface area contributed by atoms with Crippen LogP contribution in [0, 0.1) is 6.92 Å². The lowest BCUT2D eigenvalue weighted by atomic mass is 10.0. The summed E-state index contributed by atoms with van der Waals surface area (Å²) in [5.74, 6) is 0.792. The number of aromatic nitrogens is 4. The summed E-state index contributed by atoms with van der Waals surface area (Å²) in [5.41, 5.74) is 2.94. The fraction of sp³-hybridized carbons (Fsp3) is 0.278. The van der Waals surface area contributed by atoms with Crippen LogP contribution in [0.2, 0.25) is 0 Å². The topological polar surface area (TPSA) is 75.9 Å². The van der Waals surface area contributed by atoms with E-state index in [4.69, 9.17) is 0 Å². The summed E-state index contributed by atoms with van der Waals surface area (Å²) in [6, 6.07) is 6.34. The molecule has 3 heterocycles. The summed E-state index contributed by atoms with van der Waals surface area (Å²) in [7, 11) is 0. The maximum absolute atomic E-state index is 10.2. The predicted octanol–water partition coefficient (Wildman–Crippen LogP) is 3.47. The zero-order chi connectivity index (χ0) is 17.6. The van der Waals surface area contributed by atoms with E-state index in [2.05, 4.69) is 43.0 Å². The second-order valence-electron chi connectivity index (χ2n) is 6.63. The molecule has 3 aromatic rings. The molecule has 0 fully saturated rings. The second-order valence-corrected chi connectivity index (χ2v) is 7.66. The van der Waals surface area contributed by atoms with Crippen molar-refractivity contribution in [2.24, 2.45) is 0 Å². The zero-order valence-electron chi connectivity index (χ0n) is 14.3. The molecule has 1 aromatic carbocycles. The summed E-state index contributed by atoms with van der Waals surface area (Å²) in [5, 5.41) is 14.4. The molecule has 1 aliphatic heterocycles. The van der Waals surface area contributed by atoms with Gasteiger partial charge in [-0.2, -0.15) is 0 Å². The molecule has 0 spiro atoms. The molecule has 128 valence electrons. The molecule has 7 heteroatoms. The molecule has 0 saturated carbocycles. The van der Waals surface area contributed by atoms with Crippen LogP contribution in [0.1, 0.15) is 30.8 Å². The molecule has 0 unspecified atom stereocenters. The van der Waals surface area contributed by atoms with Crippen molar-refractivity contribution in [2.75, 3.05) is 5.32 Å². The van der Waals surface area contributed by atoms with Crippen molar-refractivity contribution in [3.05, 3.63) is 53.9 Å². The first kappa shape index (κ1) is 16.1. The summed E-state index contributed by atoms with van der Waals surface area (Å²) in [4.78, 5) is 14.2. The summed E-state index contributed by atoms with van der Waals surface area (Å²) >= 11 is 1.62. The van der Waals surface area contributed by atoms with Crippen molar-refractivity contribution in [1.82, 2.24) is 19.5 Å². The average molecular weight is 353 g/mol. The molecule has 0 atom stereocenters. The number of benzene rings is 1. The van der Waals surface area contributed by atoms with Gasteiger partial charge in [0.15, 0.2) is 5.82 Å². The first-order chi connectivity index (χ1) is 11.9. The monoisotopic (exact) mass is 353 g/mol. The minimum Gasteiger partial charge on any atom is -0.384 e. The van der Waals surface area contributed by atoms with Crippen molar-refractivity contribution < 1.29 is 5.11 Å². The Morgan fingerprint density at radius 2 is 2.00 bits per heavy atom. The Morgan fingerprint density at radius 3 is 2.76 bits per heavy atom. The van der Waals surface area contributed by atoms with Gasteiger partial charge in [-0.15, -0.1) is 0 Å². The van der Waals surface area contributed by atoms with E-state index in [0.29, 0.717) is 12.2 Å². The number of imidazole rings is 1. The van der Waals surface area contributed by atoms with Crippen molar-refractivity contribution >= 4 is 23.3 Å². The van der Waals surface area contributed by atoms with E-state index in [9.17, 15) is 5.11 Å². The molecule has 2 aromatic heterocycles. The number of hydrogen-bond acceptors (Lipinski definition) is 6. The van der Waals surface area contributed by atoms with E-state index < -0.39 is 5.60 Å². The fourth-order valence-corrected chi connectivity index (χ4v) is 3.86. The Balaban J connectivity index is 1.61. The summed E-state index contributed by atoms with van der Waals surface area (Å²) < 4.78 is 2.05. The standard InChI is InChI=1S/C18H19N5OS/c1-11-15(18(2,3)24)21-10-23(11)9-12-4-5-14-13(8-12)22-16-17(25-14)20-7-6-19-16/h4-8,10,24H,9H2,1-3H3,(H,19,22). The smallest absolute Gasteiger partial charge is 0.163 e. The molecule has 25 heavy (non-hydrogen) atoms. The van der Waals surface area contributed by atoms with Crippen molar-refractivity contribution in [3.63, 3.8) is 0 Å². The van der Waals surface area contributed by atoms with E-state index in [0.717, 1.165) is 32.7 Å². The van der Waals surface area contributed by atoms with Crippen LogP contribution < -0.4 is 5.32 Å². The quantitative estimate of drug-likeness (QED) is 0.587. The summed E-state index contributed by atoms with van der Waals surface area (Å²) in [6.07, 6.45) is 5.17. The van der Waals surface area contributed by atoms with Gasteiger partial charge in [0.1, 0.15) is 10.6 Å². The van der Waals surface area contributed by atoms with Gasteiger partial charge in [-0.1, -0.05) is 17.8 Å². The summed E-state index contributed by atoms with van der Waals surface area (Å²) in [6.45, 7) is 6.19. The van der Waals surface area contributed by atoms with E-state index >= 15 is 0 Å². The van der Waals surface area contributed by atoms with Crippen LogP contribution in [0.5, 0.6) is 0 Å². The highest BCUT2D eigenvalue weighted by Gasteiger charge is 2.23. The van der Waals surface area contributed by atoms with Gasteiger partial charge in [-0.25, -0.2) is 15.0 Å². The lowest BCUT2D eigenvalue weighted by molar-refractivity contribution is 0.0734. The maximum Gasteiger partial charge on any atom is 0.163 e. The fourth-order valence-electron chi connectivity index (χ4n) is 2.98. The van der Waals surface area contributed by atoms with Gasteiger partial charge in [0.25, 0.3) is 0 Å². The van der Waals surface area contributed by atoms with Gasteiger partial charge in [0.2, 0.25) is 0 Å². The molecule has 0 saturated heterocycles.